The topological polar surface area (TPSA) is 72.9 Å². The molecular formula is C16H18ClNO5S. The lowest BCUT2D eigenvalue weighted by Gasteiger charge is -2.26. The molecule has 1 aromatic carbocycles. The van der Waals surface area contributed by atoms with E-state index in [4.69, 9.17) is 21.1 Å². The van der Waals surface area contributed by atoms with Gasteiger partial charge in [0.2, 0.25) is 10.0 Å². The number of morpholine rings is 1. The number of hydrogen-bond donors (Lipinski definition) is 0. The molecule has 1 aromatic rings. The maximum absolute atomic E-state index is 12.5. The summed E-state index contributed by atoms with van der Waals surface area (Å²) >= 11 is 5.50. The Bertz CT molecular complexity index is 721. The fourth-order valence-corrected chi connectivity index (χ4v) is 3.51. The molecule has 0 atom stereocenters. The van der Waals surface area contributed by atoms with Gasteiger partial charge in [0, 0.05) is 24.2 Å². The third kappa shape index (κ3) is 5.17. The van der Waals surface area contributed by atoms with Crippen molar-refractivity contribution in [2.45, 2.75) is 4.90 Å². The molecule has 2 rings (SSSR count). The van der Waals surface area contributed by atoms with Gasteiger partial charge < -0.3 is 9.47 Å². The zero-order valence-electron chi connectivity index (χ0n) is 13.0. The number of ether oxygens (including phenoxy) is 2. The van der Waals surface area contributed by atoms with Crippen molar-refractivity contribution < 1.29 is 22.7 Å². The molecule has 6 nitrogen and oxygen atoms in total. The van der Waals surface area contributed by atoms with Crippen molar-refractivity contribution in [3.63, 3.8) is 0 Å². The molecule has 8 heteroatoms. The molecule has 0 radical (unpaired) electrons. The molecule has 0 N–H and O–H groups in total. The van der Waals surface area contributed by atoms with Crippen molar-refractivity contribution in [1.82, 2.24) is 4.31 Å². The molecule has 0 amide bonds. The van der Waals surface area contributed by atoms with Crippen LogP contribution in [-0.4, -0.2) is 51.6 Å². The average Bonchev–Trinajstić information content (AvgIpc) is 2.59. The predicted molar refractivity (Wildman–Crippen MR) is 91.0 cm³/mol. The Labute approximate surface area is 146 Å². The van der Waals surface area contributed by atoms with E-state index in [0.29, 0.717) is 31.9 Å². The minimum absolute atomic E-state index is 0.0541. The van der Waals surface area contributed by atoms with E-state index in [9.17, 15) is 13.2 Å². The monoisotopic (exact) mass is 371 g/mol. The van der Waals surface area contributed by atoms with E-state index < -0.39 is 16.0 Å². The van der Waals surface area contributed by atoms with Gasteiger partial charge in [-0.15, -0.1) is 0 Å². The van der Waals surface area contributed by atoms with Crippen LogP contribution in [0.15, 0.2) is 46.8 Å². The first kappa shape index (κ1) is 18.7. The van der Waals surface area contributed by atoms with Gasteiger partial charge in [0.05, 0.1) is 18.1 Å². The number of halogens is 1. The van der Waals surface area contributed by atoms with E-state index in [1.807, 2.05) is 0 Å². The van der Waals surface area contributed by atoms with E-state index in [2.05, 4.69) is 6.58 Å². The molecule has 0 aromatic heterocycles. The Morgan fingerprint density at radius 2 is 1.92 bits per heavy atom. The molecule has 0 bridgehead atoms. The van der Waals surface area contributed by atoms with Crippen LogP contribution in [0.3, 0.4) is 0 Å². The summed E-state index contributed by atoms with van der Waals surface area (Å²) in [6, 6.07) is 6.27. The summed E-state index contributed by atoms with van der Waals surface area (Å²) < 4.78 is 36.3. The van der Waals surface area contributed by atoms with Crippen molar-refractivity contribution in [2.24, 2.45) is 0 Å². The predicted octanol–water partition coefficient (Wildman–Crippen LogP) is 2.02. The summed E-state index contributed by atoms with van der Waals surface area (Å²) in [5.74, 6) is -0.554. The van der Waals surface area contributed by atoms with Crippen LogP contribution in [0.1, 0.15) is 5.56 Å². The van der Waals surface area contributed by atoms with Gasteiger partial charge in [0.15, 0.2) is 0 Å². The third-order valence-corrected chi connectivity index (χ3v) is 5.29. The van der Waals surface area contributed by atoms with E-state index in [-0.39, 0.29) is 16.5 Å². The number of carbonyl (C=O) groups excluding carboxylic acids is 1. The van der Waals surface area contributed by atoms with E-state index >= 15 is 0 Å². The summed E-state index contributed by atoms with van der Waals surface area (Å²) in [6.07, 6.45) is 2.77. The Morgan fingerprint density at radius 1 is 1.29 bits per heavy atom. The first-order chi connectivity index (χ1) is 11.4. The van der Waals surface area contributed by atoms with Crippen LogP contribution in [0, 0.1) is 0 Å². The molecular weight excluding hydrogens is 354 g/mol. The summed E-state index contributed by atoms with van der Waals surface area (Å²) in [4.78, 5) is 11.6. The van der Waals surface area contributed by atoms with Crippen LogP contribution in [0.2, 0.25) is 0 Å². The quantitative estimate of drug-likeness (QED) is 0.565. The van der Waals surface area contributed by atoms with Crippen molar-refractivity contribution in [3.8, 4) is 0 Å². The lowest BCUT2D eigenvalue weighted by Crippen LogP contribution is -2.40. The van der Waals surface area contributed by atoms with Gasteiger partial charge in [-0.2, -0.15) is 4.31 Å². The van der Waals surface area contributed by atoms with Gasteiger partial charge in [-0.3, -0.25) is 0 Å². The maximum Gasteiger partial charge on any atom is 0.331 e. The summed E-state index contributed by atoms with van der Waals surface area (Å²) in [7, 11) is -3.51. The van der Waals surface area contributed by atoms with E-state index in [0.717, 1.165) is 0 Å². The smallest absolute Gasteiger partial charge is 0.331 e. The van der Waals surface area contributed by atoms with Gasteiger partial charge in [-0.1, -0.05) is 30.3 Å². The molecule has 24 heavy (non-hydrogen) atoms. The molecule has 1 heterocycles. The normalized spacial score (nSPS) is 16.2. The SMILES string of the molecule is C=C(Cl)COC(=O)/C=C/c1ccc(S(=O)(=O)N2CCOCC2)cc1. The Kier molecular flexibility index (Phi) is 6.56. The molecule has 1 aliphatic rings. The molecule has 1 fully saturated rings. The van der Waals surface area contributed by atoms with E-state index in [1.165, 1.54) is 28.6 Å². The van der Waals surface area contributed by atoms with E-state index in [1.54, 1.807) is 12.1 Å². The number of rotatable bonds is 6. The highest BCUT2D eigenvalue weighted by molar-refractivity contribution is 7.89. The standard InChI is InChI=1S/C16H18ClNO5S/c1-13(17)12-23-16(19)7-4-14-2-5-15(6-3-14)24(20,21)18-8-10-22-11-9-18/h2-7H,1,8-12H2/b7-4+. The number of hydrogen-bond acceptors (Lipinski definition) is 5. The number of esters is 1. The number of benzene rings is 1. The van der Waals surface area contributed by atoms with Crippen LogP contribution in [0.25, 0.3) is 6.08 Å². The van der Waals surface area contributed by atoms with Crippen LogP contribution in [0.4, 0.5) is 0 Å². The number of nitrogens with zero attached hydrogens (tertiary/aromatic N) is 1. The average molecular weight is 372 g/mol. The fraction of sp³-hybridized carbons (Fsp3) is 0.312. The highest BCUT2D eigenvalue weighted by Gasteiger charge is 2.25. The lowest BCUT2D eigenvalue weighted by molar-refractivity contribution is -0.136. The first-order valence-electron chi connectivity index (χ1n) is 7.25. The van der Waals surface area contributed by atoms with Crippen LogP contribution >= 0.6 is 11.6 Å². The van der Waals surface area contributed by atoms with Gasteiger partial charge in [0.1, 0.15) is 6.61 Å². The van der Waals surface area contributed by atoms with Crippen molar-refractivity contribution in [3.05, 3.63) is 47.5 Å². The molecule has 0 aliphatic carbocycles. The highest BCUT2D eigenvalue weighted by Crippen LogP contribution is 2.18. The summed E-state index contributed by atoms with van der Waals surface area (Å²) in [6.45, 7) is 4.86. The fourth-order valence-electron chi connectivity index (χ4n) is 2.05. The second-order valence-electron chi connectivity index (χ2n) is 5.04. The number of sulfonamides is 1. The maximum atomic E-state index is 12.5. The Balaban J connectivity index is 2.02. The zero-order chi connectivity index (χ0) is 17.6. The van der Waals surface area contributed by atoms with Crippen molar-refractivity contribution in [1.29, 1.82) is 0 Å². The highest BCUT2D eigenvalue weighted by atomic mass is 35.5. The molecule has 130 valence electrons. The van der Waals surface area contributed by atoms with Crippen molar-refractivity contribution in [2.75, 3.05) is 32.9 Å². The largest absolute Gasteiger partial charge is 0.457 e. The Hall–Kier alpha value is -1.67. The summed E-state index contributed by atoms with van der Waals surface area (Å²) in [5.41, 5.74) is 0.678. The molecule has 0 spiro atoms. The Morgan fingerprint density at radius 3 is 2.50 bits per heavy atom. The zero-order valence-corrected chi connectivity index (χ0v) is 14.6. The van der Waals surface area contributed by atoms with Gasteiger partial charge in [0.25, 0.3) is 0 Å². The van der Waals surface area contributed by atoms with Gasteiger partial charge in [-0.25, -0.2) is 13.2 Å². The number of carbonyl (C=O) groups is 1. The first-order valence-corrected chi connectivity index (χ1v) is 9.07. The van der Waals surface area contributed by atoms with Crippen LogP contribution < -0.4 is 0 Å². The molecule has 0 saturated carbocycles. The van der Waals surface area contributed by atoms with Crippen LogP contribution in [0.5, 0.6) is 0 Å². The second-order valence-corrected chi connectivity index (χ2v) is 7.52. The van der Waals surface area contributed by atoms with Gasteiger partial charge in [-0.05, 0) is 23.8 Å². The van der Waals surface area contributed by atoms with Gasteiger partial charge >= 0.3 is 5.97 Å². The molecule has 0 unspecified atom stereocenters. The summed E-state index contributed by atoms with van der Waals surface area (Å²) in [5, 5.41) is 0.231. The second kappa shape index (κ2) is 8.43. The minimum atomic E-state index is -3.51. The molecule has 1 aliphatic heterocycles. The third-order valence-electron chi connectivity index (χ3n) is 3.27. The van der Waals surface area contributed by atoms with Crippen molar-refractivity contribution >= 4 is 33.7 Å². The molecule has 1 saturated heterocycles. The lowest BCUT2D eigenvalue weighted by atomic mass is 10.2. The minimum Gasteiger partial charge on any atom is -0.457 e. The van der Waals surface area contributed by atoms with Crippen LogP contribution in [-0.2, 0) is 24.3 Å².